The van der Waals surface area contributed by atoms with Crippen LogP contribution in [0, 0.1) is 20.8 Å². The van der Waals surface area contributed by atoms with E-state index in [1.54, 1.807) is 7.11 Å². The molecule has 0 saturated heterocycles. The minimum absolute atomic E-state index is 0.692. The lowest BCUT2D eigenvalue weighted by atomic mass is 10.0. The van der Waals surface area contributed by atoms with E-state index in [9.17, 15) is 9.59 Å². The third-order valence-electron chi connectivity index (χ3n) is 3.08. The van der Waals surface area contributed by atoms with Crippen molar-refractivity contribution >= 4 is 17.5 Å². The third kappa shape index (κ3) is 2.30. The van der Waals surface area contributed by atoms with Gasteiger partial charge in [-0.2, -0.15) is 0 Å². The first kappa shape index (κ1) is 14.0. The van der Waals surface area contributed by atoms with E-state index in [-0.39, 0.29) is 0 Å². The first-order valence-electron chi connectivity index (χ1n) is 5.53. The molecule has 0 bridgehead atoms. The third-order valence-corrected chi connectivity index (χ3v) is 3.08. The smallest absolute Gasteiger partial charge is 0.315 e. The second-order valence-corrected chi connectivity index (χ2v) is 4.22. The highest BCUT2D eigenvalue weighted by Crippen LogP contribution is 2.33. The van der Waals surface area contributed by atoms with Crippen molar-refractivity contribution in [1.82, 2.24) is 0 Å². The summed E-state index contributed by atoms with van der Waals surface area (Å²) in [7, 11) is 3.13. The molecule has 0 spiro atoms. The van der Waals surface area contributed by atoms with Gasteiger partial charge < -0.3 is 15.4 Å². The molecule has 0 heterocycles. The summed E-state index contributed by atoms with van der Waals surface area (Å²) in [6.45, 7) is 5.64. The Hall–Kier alpha value is -2.04. The highest BCUT2D eigenvalue weighted by Gasteiger charge is 2.21. The molecule has 5 nitrogen and oxygen atoms in total. The second kappa shape index (κ2) is 5.08. The van der Waals surface area contributed by atoms with Crippen molar-refractivity contribution in [2.24, 2.45) is 5.73 Å². The first-order chi connectivity index (χ1) is 8.31. The summed E-state index contributed by atoms with van der Waals surface area (Å²) >= 11 is 0. The van der Waals surface area contributed by atoms with Crippen LogP contribution in [0.3, 0.4) is 0 Å². The Bertz CT molecular complexity index is 509. The van der Waals surface area contributed by atoms with Gasteiger partial charge in [0, 0.05) is 7.05 Å². The van der Waals surface area contributed by atoms with Gasteiger partial charge in [0.2, 0.25) is 0 Å². The molecule has 1 aromatic carbocycles. The van der Waals surface area contributed by atoms with Gasteiger partial charge in [0.15, 0.2) is 0 Å². The monoisotopic (exact) mass is 250 g/mol. The number of likely N-dealkylation sites (N-methyl/N-ethyl adjacent to an activating group) is 1. The van der Waals surface area contributed by atoms with Crippen LogP contribution in [0.1, 0.15) is 16.7 Å². The van der Waals surface area contributed by atoms with Gasteiger partial charge in [-0.1, -0.05) is 0 Å². The Balaban J connectivity index is 3.38. The van der Waals surface area contributed by atoms with Crippen molar-refractivity contribution < 1.29 is 14.3 Å². The van der Waals surface area contributed by atoms with Crippen LogP contribution in [0.15, 0.2) is 6.07 Å². The topological polar surface area (TPSA) is 72.6 Å². The van der Waals surface area contributed by atoms with Crippen LogP contribution in [0.4, 0.5) is 5.69 Å². The molecule has 0 aliphatic rings. The number of nitrogens with two attached hydrogens (primary N) is 1. The Morgan fingerprint density at radius 2 is 1.78 bits per heavy atom. The highest BCUT2D eigenvalue weighted by molar-refractivity contribution is 6.39. The fraction of sp³-hybridized carbons (Fsp3) is 0.385. The molecule has 1 rings (SSSR count). The fourth-order valence-electron chi connectivity index (χ4n) is 2.03. The van der Waals surface area contributed by atoms with Crippen molar-refractivity contribution in [2.45, 2.75) is 20.8 Å². The van der Waals surface area contributed by atoms with Gasteiger partial charge in [0.25, 0.3) is 0 Å². The maximum absolute atomic E-state index is 11.6. The Kier molecular flexibility index (Phi) is 3.96. The molecule has 2 amide bonds. The predicted molar refractivity (Wildman–Crippen MR) is 69.8 cm³/mol. The number of nitrogens with zero attached hydrogens (tertiary/aromatic N) is 1. The van der Waals surface area contributed by atoms with Crippen molar-refractivity contribution in [1.29, 1.82) is 0 Å². The van der Waals surface area contributed by atoms with Crippen molar-refractivity contribution in [3.05, 3.63) is 22.8 Å². The number of methoxy groups -OCH3 is 1. The van der Waals surface area contributed by atoms with E-state index in [1.807, 2.05) is 26.8 Å². The van der Waals surface area contributed by atoms with Crippen LogP contribution in [0.5, 0.6) is 5.75 Å². The summed E-state index contributed by atoms with van der Waals surface area (Å²) in [5, 5.41) is 0. The van der Waals surface area contributed by atoms with Gasteiger partial charge in [0.05, 0.1) is 12.8 Å². The molecule has 98 valence electrons. The van der Waals surface area contributed by atoms with Crippen molar-refractivity contribution in [3.8, 4) is 5.75 Å². The average Bonchev–Trinajstić information content (AvgIpc) is 2.32. The van der Waals surface area contributed by atoms with E-state index in [2.05, 4.69) is 0 Å². The molecule has 0 saturated carbocycles. The van der Waals surface area contributed by atoms with E-state index in [0.717, 1.165) is 22.4 Å². The number of rotatable bonds is 2. The minimum Gasteiger partial charge on any atom is -0.496 e. The molecular formula is C13H18N2O3. The fourth-order valence-corrected chi connectivity index (χ4v) is 2.03. The van der Waals surface area contributed by atoms with E-state index < -0.39 is 11.8 Å². The number of benzene rings is 1. The number of carbonyl (C=O) groups is 2. The zero-order valence-corrected chi connectivity index (χ0v) is 11.3. The standard InChI is InChI=1S/C13H18N2O3/c1-7-6-10(18-5)8(2)9(3)11(7)15(4)13(17)12(14)16/h6H,1-5H3,(H2,14,16). The maximum Gasteiger partial charge on any atom is 0.315 e. The van der Waals surface area contributed by atoms with Crippen LogP contribution in [-0.2, 0) is 9.59 Å². The summed E-state index contributed by atoms with van der Waals surface area (Å²) < 4.78 is 5.25. The SMILES string of the molecule is COc1cc(C)c(N(C)C(=O)C(N)=O)c(C)c1C. The molecule has 2 N–H and O–H groups in total. The maximum atomic E-state index is 11.6. The van der Waals surface area contributed by atoms with E-state index in [1.165, 1.54) is 11.9 Å². The summed E-state index contributed by atoms with van der Waals surface area (Å²) in [6, 6.07) is 1.84. The van der Waals surface area contributed by atoms with Gasteiger partial charge in [-0.15, -0.1) is 0 Å². The zero-order chi connectivity index (χ0) is 14.0. The molecule has 0 aliphatic heterocycles. The molecule has 0 aliphatic carbocycles. The van der Waals surface area contributed by atoms with Crippen molar-refractivity contribution in [3.63, 3.8) is 0 Å². The minimum atomic E-state index is -0.968. The lowest BCUT2D eigenvalue weighted by molar-refractivity contribution is -0.135. The molecule has 0 unspecified atom stereocenters. The molecule has 18 heavy (non-hydrogen) atoms. The summed E-state index contributed by atoms with van der Waals surface area (Å²) in [5.41, 5.74) is 8.38. The Labute approximate surface area is 107 Å². The number of ether oxygens (including phenoxy) is 1. The van der Waals surface area contributed by atoms with Gasteiger partial charge >= 0.3 is 11.8 Å². The van der Waals surface area contributed by atoms with E-state index >= 15 is 0 Å². The number of hydrogen-bond acceptors (Lipinski definition) is 3. The number of carbonyl (C=O) groups excluding carboxylic acids is 2. The molecule has 0 fully saturated rings. The van der Waals surface area contributed by atoms with Crippen LogP contribution < -0.4 is 15.4 Å². The molecular weight excluding hydrogens is 232 g/mol. The van der Waals surface area contributed by atoms with Crippen LogP contribution in [0.2, 0.25) is 0 Å². The van der Waals surface area contributed by atoms with E-state index in [4.69, 9.17) is 10.5 Å². The van der Waals surface area contributed by atoms with Crippen LogP contribution >= 0.6 is 0 Å². The van der Waals surface area contributed by atoms with Gasteiger partial charge in [-0.3, -0.25) is 9.59 Å². The van der Waals surface area contributed by atoms with Crippen molar-refractivity contribution in [2.75, 3.05) is 19.1 Å². The summed E-state index contributed by atoms with van der Waals surface area (Å²) in [6.07, 6.45) is 0. The predicted octanol–water partition coefficient (Wildman–Crippen LogP) is 1.07. The number of aryl methyl sites for hydroxylation is 1. The number of primary amides is 1. The largest absolute Gasteiger partial charge is 0.496 e. The lowest BCUT2D eigenvalue weighted by Gasteiger charge is -2.23. The summed E-state index contributed by atoms with van der Waals surface area (Å²) in [4.78, 5) is 23.9. The Morgan fingerprint density at radius 3 is 2.22 bits per heavy atom. The lowest BCUT2D eigenvalue weighted by Crippen LogP contribution is -2.38. The normalized spacial score (nSPS) is 10.1. The number of anilines is 1. The van der Waals surface area contributed by atoms with Crippen LogP contribution in [-0.4, -0.2) is 26.0 Å². The van der Waals surface area contributed by atoms with Gasteiger partial charge in [-0.05, 0) is 43.5 Å². The number of hydrogen-bond donors (Lipinski definition) is 1. The van der Waals surface area contributed by atoms with Crippen LogP contribution in [0.25, 0.3) is 0 Å². The van der Waals surface area contributed by atoms with E-state index in [0.29, 0.717) is 5.69 Å². The van der Waals surface area contributed by atoms with Gasteiger partial charge in [-0.25, -0.2) is 0 Å². The van der Waals surface area contributed by atoms with Gasteiger partial charge in [0.1, 0.15) is 5.75 Å². The molecule has 0 atom stereocenters. The molecule has 0 aromatic heterocycles. The average molecular weight is 250 g/mol. The molecule has 1 aromatic rings. The molecule has 0 radical (unpaired) electrons. The highest BCUT2D eigenvalue weighted by atomic mass is 16.5. The summed E-state index contributed by atoms with van der Waals surface area (Å²) in [5.74, 6) is -0.941. The first-order valence-corrected chi connectivity index (χ1v) is 5.53. The quantitative estimate of drug-likeness (QED) is 0.798. The molecule has 5 heteroatoms. The zero-order valence-electron chi connectivity index (χ0n) is 11.3. The number of amides is 2. The second-order valence-electron chi connectivity index (χ2n) is 4.22. The Morgan fingerprint density at radius 1 is 1.22 bits per heavy atom.